The quantitative estimate of drug-likeness (QED) is 0.220. The van der Waals surface area contributed by atoms with Crippen molar-refractivity contribution in [2.75, 3.05) is 37.4 Å². The minimum absolute atomic E-state index is 0.0797. The molecule has 3 aromatic rings. The number of alkyl halides is 3. The van der Waals surface area contributed by atoms with Crippen molar-refractivity contribution in [1.29, 1.82) is 0 Å². The molecule has 2 aromatic heterocycles. The number of hydrogen-bond acceptors (Lipinski definition) is 7. The summed E-state index contributed by atoms with van der Waals surface area (Å²) in [7, 11) is 0. The molecule has 0 unspecified atom stereocenters. The molecule has 1 amide bonds. The molecular weight excluding hydrogens is 469 g/mol. The second-order valence-electron chi connectivity index (χ2n) is 7.23. The maximum atomic E-state index is 13.2. The number of amides is 1. The van der Waals surface area contributed by atoms with E-state index in [-0.39, 0.29) is 13.1 Å². The molecule has 184 valence electrons. The average Bonchev–Trinajstić information content (AvgIpc) is 3.22. The molecule has 34 heavy (non-hydrogen) atoms. The third kappa shape index (κ3) is 6.60. The van der Waals surface area contributed by atoms with E-state index in [1.54, 1.807) is 10.9 Å². The Kier molecular flexibility index (Phi) is 9.11. The predicted octanol–water partition coefficient (Wildman–Crippen LogP) is 4.23. The Balaban J connectivity index is 1.74. The molecule has 0 aliphatic carbocycles. The van der Waals surface area contributed by atoms with Crippen LogP contribution < -0.4 is 10.6 Å². The summed E-state index contributed by atoms with van der Waals surface area (Å²) < 4.78 is 46.6. The van der Waals surface area contributed by atoms with Crippen LogP contribution in [0.5, 0.6) is 0 Å². The number of carbonyl (C=O) groups excluding carboxylic acids is 1. The highest BCUT2D eigenvalue weighted by molar-refractivity contribution is 7.99. The van der Waals surface area contributed by atoms with Crippen LogP contribution in [-0.4, -0.2) is 57.7 Å². The van der Waals surface area contributed by atoms with E-state index in [1.165, 1.54) is 23.9 Å². The monoisotopic (exact) mass is 496 g/mol. The fourth-order valence-corrected chi connectivity index (χ4v) is 3.87. The summed E-state index contributed by atoms with van der Waals surface area (Å²) in [5.74, 6) is 0.696. The van der Waals surface area contributed by atoms with Crippen molar-refractivity contribution in [3.8, 4) is 0 Å². The lowest BCUT2D eigenvalue weighted by atomic mass is 10.1. The number of hydrogen-bond donors (Lipinski definition) is 2. The number of ether oxygens (including phenoxy) is 1. The molecule has 0 fully saturated rings. The molecule has 0 atom stereocenters. The first-order valence-electron chi connectivity index (χ1n) is 11.0. The summed E-state index contributed by atoms with van der Waals surface area (Å²) in [5, 5.41) is 11.5. The topological polar surface area (TPSA) is 94.0 Å². The highest BCUT2D eigenvalue weighted by Gasteiger charge is 2.34. The van der Waals surface area contributed by atoms with Gasteiger partial charge in [-0.1, -0.05) is 30.8 Å². The Bertz CT molecular complexity index is 1110. The van der Waals surface area contributed by atoms with Gasteiger partial charge in [0.1, 0.15) is 5.82 Å². The molecule has 0 radical (unpaired) electrons. The van der Waals surface area contributed by atoms with Crippen molar-refractivity contribution in [2.24, 2.45) is 0 Å². The molecule has 0 aliphatic rings. The lowest BCUT2D eigenvalue weighted by Gasteiger charge is -2.13. The maximum Gasteiger partial charge on any atom is 0.417 e. The summed E-state index contributed by atoms with van der Waals surface area (Å²) in [6.07, 6.45) is -2.02. The number of aromatic nitrogens is 4. The van der Waals surface area contributed by atoms with Gasteiger partial charge in [0.2, 0.25) is 0 Å². The first-order valence-corrected chi connectivity index (χ1v) is 12.0. The molecule has 2 N–H and O–H groups in total. The number of anilines is 1. The average molecular weight is 497 g/mol. The third-order valence-electron chi connectivity index (χ3n) is 4.74. The van der Waals surface area contributed by atoms with Gasteiger partial charge in [-0.3, -0.25) is 4.79 Å². The van der Waals surface area contributed by atoms with Crippen LogP contribution in [0.15, 0.2) is 35.6 Å². The first-order chi connectivity index (χ1) is 16.3. The van der Waals surface area contributed by atoms with E-state index in [4.69, 9.17) is 4.74 Å². The number of nitrogens with zero attached hydrogens (tertiary/aromatic N) is 4. The molecular formula is C22H27F3N6O2S. The van der Waals surface area contributed by atoms with E-state index in [0.717, 1.165) is 24.3 Å². The van der Waals surface area contributed by atoms with E-state index < -0.39 is 23.2 Å². The predicted molar refractivity (Wildman–Crippen MR) is 125 cm³/mol. The van der Waals surface area contributed by atoms with Crippen LogP contribution >= 0.6 is 11.8 Å². The second kappa shape index (κ2) is 12.0. The van der Waals surface area contributed by atoms with Crippen LogP contribution in [0.4, 0.5) is 19.0 Å². The standard InChI is InChI=1S/C22H27F3N6O2S/c1-3-13-34-21-29-18(26-10-12-33-4-2)16-14-28-31(19(16)30-21)11-9-27-20(32)15-7-5-6-8-17(15)22(23,24)25/h5-8,14H,3-4,9-13H2,1-2H3,(H,27,32)(H,26,29,30). The van der Waals surface area contributed by atoms with Crippen LogP contribution in [0.25, 0.3) is 11.0 Å². The lowest BCUT2D eigenvalue weighted by molar-refractivity contribution is -0.137. The maximum absolute atomic E-state index is 13.2. The smallest absolute Gasteiger partial charge is 0.380 e. The Morgan fingerprint density at radius 3 is 2.71 bits per heavy atom. The van der Waals surface area contributed by atoms with Crippen LogP contribution in [-0.2, 0) is 17.5 Å². The van der Waals surface area contributed by atoms with Crippen LogP contribution in [0.1, 0.15) is 36.2 Å². The van der Waals surface area contributed by atoms with E-state index >= 15 is 0 Å². The molecule has 3 rings (SSSR count). The van der Waals surface area contributed by atoms with Gasteiger partial charge in [-0.2, -0.15) is 18.3 Å². The Morgan fingerprint density at radius 1 is 1.18 bits per heavy atom. The number of rotatable bonds is 12. The minimum Gasteiger partial charge on any atom is -0.380 e. The zero-order valence-corrected chi connectivity index (χ0v) is 19.8. The van der Waals surface area contributed by atoms with Gasteiger partial charge in [-0.25, -0.2) is 14.6 Å². The van der Waals surface area contributed by atoms with Crippen molar-refractivity contribution in [1.82, 2.24) is 25.1 Å². The molecule has 8 nitrogen and oxygen atoms in total. The van der Waals surface area contributed by atoms with Gasteiger partial charge in [-0.15, -0.1) is 0 Å². The number of carbonyl (C=O) groups is 1. The van der Waals surface area contributed by atoms with E-state index in [2.05, 4.69) is 32.6 Å². The van der Waals surface area contributed by atoms with Crippen molar-refractivity contribution in [2.45, 2.75) is 38.1 Å². The van der Waals surface area contributed by atoms with Crippen molar-refractivity contribution in [3.05, 3.63) is 41.6 Å². The number of benzene rings is 1. The fraction of sp³-hybridized carbons (Fsp3) is 0.455. The van der Waals surface area contributed by atoms with E-state index in [1.807, 2.05) is 6.92 Å². The molecule has 0 saturated carbocycles. The fourth-order valence-electron chi connectivity index (χ4n) is 3.18. The summed E-state index contributed by atoms with van der Waals surface area (Å²) >= 11 is 1.52. The normalized spacial score (nSPS) is 11.7. The van der Waals surface area contributed by atoms with E-state index in [0.29, 0.717) is 41.8 Å². The summed E-state index contributed by atoms with van der Waals surface area (Å²) in [6, 6.07) is 4.70. The van der Waals surface area contributed by atoms with Gasteiger partial charge in [0.05, 0.1) is 35.9 Å². The molecule has 2 heterocycles. The highest BCUT2D eigenvalue weighted by atomic mass is 32.2. The van der Waals surface area contributed by atoms with Gasteiger partial charge < -0.3 is 15.4 Å². The zero-order valence-electron chi connectivity index (χ0n) is 19.0. The van der Waals surface area contributed by atoms with Gasteiger partial charge >= 0.3 is 6.18 Å². The molecule has 0 aliphatic heterocycles. The highest BCUT2D eigenvalue weighted by Crippen LogP contribution is 2.31. The molecule has 0 spiro atoms. The van der Waals surface area contributed by atoms with Gasteiger partial charge in [0.15, 0.2) is 10.8 Å². The first kappa shape index (κ1) is 25.8. The lowest BCUT2D eigenvalue weighted by Crippen LogP contribution is -2.29. The van der Waals surface area contributed by atoms with Gasteiger partial charge in [-0.05, 0) is 25.5 Å². The second-order valence-corrected chi connectivity index (χ2v) is 8.29. The van der Waals surface area contributed by atoms with Gasteiger partial charge in [0, 0.05) is 25.4 Å². The Hall–Kier alpha value is -2.86. The van der Waals surface area contributed by atoms with Crippen LogP contribution in [0.2, 0.25) is 0 Å². The SMILES string of the molecule is CCCSc1nc(NCCOCC)c2cnn(CCNC(=O)c3ccccc3C(F)(F)F)c2n1. The summed E-state index contributed by atoms with van der Waals surface area (Å²) in [6.45, 7) is 6.02. The number of thioether (sulfide) groups is 1. The molecule has 0 saturated heterocycles. The summed E-state index contributed by atoms with van der Waals surface area (Å²) in [4.78, 5) is 21.6. The number of nitrogens with one attached hydrogen (secondary N) is 2. The van der Waals surface area contributed by atoms with Crippen LogP contribution in [0, 0.1) is 0 Å². The Morgan fingerprint density at radius 2 is 1.97 bits per heavy atom. The molecule has 1 aromatic carbocycles. The molecule has 12 heteroatoms. The Labute approximate surface area is 199 Å². The largest absolute Gasteiger partial charge is 0.417 e. The minimum atomic E-state index is -4.61. The van der Waals surface area contributed by atoms with Gasteiger partial charge in [0.25, 0.3) is 5.91 Å². The third-order valence-corrected chi connectivity index (χ3v) is 5.79. The van der Waals surface area contributed by atoms with Crippen molar-refractivity contribution >= 4 is 34.5 Å². The molecule has 0 bridgehead atoms. The zero-order chi connectivity index (χ0) is 24.6. The van der Waals surface area contributed by atoms with E-state index in [9.17, 15) is 18.0 Å². The van der Waals surface area contributed by atoms with Crippen molar-refractivity contribution < 1.29 is 22.7 Å². The van der Waals surface area contributed by atoms with Crippen molar-refractivity contribution in [3.63, 3.8) is 0 Å². The summed E-state index contributed by atoms with van der Waals surface area (Å²) in [5.41, 5.74) is -0.802. The van der Waals surface area contributed by atoms with Crippen LogP contribution in [0.3, 0.4) is 0 Å². The number of halogens is 3. The number of fused-ring (bicyclic) bond motifs is 1.